The van der Waals surface area contributed by atoms with Gasteiger partial charge < -0.3 is 4.74 Å². The molecule has 0 bridgehead atoms. The summed E-state index contributed by atoms with van der Waals surface area (Å²) in [5, 5.41) is 0. The van der Waals surface area contributed by atoms with Crippen LogP contribution in [0.15, 0.2) is 18.2 Å². The quantitative estimate of drug-likeness (QED) is 0.591. The number of carbonyl (C=O) groups is 1. The van der Waals surface area contributed by atoms with Crippen LogP contribution in [0.5, 0.6) is 5.75 Å². The summed E-state index contributed by atoms with van der Waals surface area (Å²) < 4.78 is 5.58. The van der Waals surface area contributed by atoms with Crippen molar-refractivity contribution in [3.8, 4) is 5.75 Å². The molecule has 1 saturated carbocycles. The van der Waals surface area contributed by atoms with Crippen LogP contribution in [-0.2, 0) is 17.6 Å². The molecule has 0 N–H and O–H groups in total. The van der Waals surface area contributed by atoms with Crippen LogP contribution in [0.4, 0.5) is 0 Å². The summed E-state index contributed by atoms with van der Waals surface area (Å²) in [4.78, 5) is 12.1. The lowest BCUT2D eigenvalue weighted by atomic mass is 9.89. The van der Waals surface area contributed by atoms with Crippen LogP contribution in [0, 0.1) is 5.92 Å². The number of fused-ring (bicyclic) bond motifs is 1. The third-order valence-corrected chi connectivity index (χ3v) is 4.48. The first-order valence-corrected chi connectivity index (χ1v) is 7.66. The highest BCUT2D eigenvalue weighted by atomic mass is 16.5. The molecule has 1 fully saturated rings. The molecule has 2 aliphatic rings. The highest BCUT2D eigenvalue weighted by Gasteiger charge is 2.23. The Balaban J connectivity index is 1.67. The number of benzene rings is 1. The topological polar surface area (TPSA) is 26.3 Å². The lowest BCUT2D eigenvalue weighted by Gasteiger charge is -2.21. The van der Waals surface area contributed by atoms with Crippen molar-refractivity contribution < 1.29 is 9.53 Å². The van der Waals surface area contributed by atoms with Gasteiger partial charge in [0.1, 0.15) is 5.75 Å². The Morgan fingerprint density at radius 2 is 1.68 bits per heavy atom. The Hall–Kier alpha value is -1.31. The standard InChI is InChI=1S/C17H22O2/c18-17(14-7-2-1-3-8-14)19-16-11-10-13-6-4-5-9-15(13)12-16/h10-12,14H,1-9H2. The van der Waals surface area contributed by atoms with Gasteiger partial charge in [-0.05, 0) is 61.8 Å². The van der Waals surface area contributed by atoms with Gasteiger partial charge in [-0.25, -0.2) is 0 Å². The highest BCUT2D eigenvalue weighted by molar-refractivity contribution is 5.75. The average Bonchev–Trinajstić information content (AvgIpc) is 2.48. The lowest BCUT2D eigenvalue weighted by molar-refractivity contribution is -0.139. The molecule has 19 heavy (non-hydrogen) atoms. The number of carbonyl (C=O) groups excluding carboxylic acids is 1. The van der Waals surface area contributed by atoms with Crippen molar-refractivity contribution in [2.24, 2.45) is 5.92 Å². The number of esters is 1. The number of aryl methyl sites for hydroxylation is 2. The van der Waals surface area contributed by atoms with Crippen molar-refractivity contribution >= 4 is 5.97 Å². The minimum Gasteiger partial charge on any atom is -0.426 e. The SMILES string of the molecule is O=C(Oc1ccc2c(c1)CCCC2)C1CCCCC1. The van der Waals surface area contributed by atoms with Gasteiger partial charge in [-0.3, -0.25) is 4.79 Å². The van der Waals surface area contributed by atoms with Gasteiger partial charge in [-0.1, -0.05) is 25.3 Å². The van der Waals surface area contributed by atoms with E-state index < -0.39 is 0 Å². The molecule has 0 saturated heterocycles. The zero-order valence-electron chi connectivity index (χ0n) is 11.5. The predicted octanol–water partition coefficient (Wildman–Crippen LogP) is 4.05. The molecule has 0 spiro atoms. The molecule has 3 rings (SSSR count). The summed E-state index contributed by atoms with van der Waals surface area (Å²) >= 11 is 0. The summed E-state index contributed by atoms with van der Waals surface area (Å²) in [7, 11) is 0. The van der Waals surface area contributed by atoms with Crippen LogP contribution in [-0.4, -0.2) is 5.97 Å². The fourth-order valence-electron chi connectivity index (χ4n) is 3.31. The van der Waals surface area contributed by atoms with Crippen molar-refractivity contribution in [2.75, 3.05) is 0 Å². The smallest absolute Gasteiger partial charge is 0.314 e. The maximum atomic E-state index is 12.1. The summed E-state index contributed by atoms with van der Waals surface area (Å²) in [6, 6.07) is 6.18. The second-order valence-corrected chi connectivity index (χ2v) is 5.89. The maximum absolute atomic E-state index is 12.1. The molecular weight excluding hydrogens is 236 g/mol. The van der Waals surface area contributed by atoms with Crippen molar-refractivity contribution in [3.63, 3.8) is 0 Å². The first-order chi connectivity index (χ1) is 9.33. The second-order valence-electron chi connectivity index (χ2n) is 5.89. The number of ether oxygens (including phenoxy) is 1. The van der Waals surface area contributed by atoms with Crippen LogP contribution in [0.3, 0.4) is 0 Å². The summed E-state index contributed by atoms with van der Waals surface area (Å²) in [6.07, 6.45) is 10.5. The van der Waals surface area contributed by atoms with E-state index in [4.69, 9.17) is 4.74 Å². The molecule has 2 nitrogen and oxygen atoms in total. The van der Waals surface area contributed by atoms with Crippen molar-refractivity contribution in [2.45, 2.75) is 57.8 Å². The molecule has 0 aromatic heterocycles. The Morgan fingerprint density at radius 1 is 0.947 bits per heavy atom. The third kappa shape index (κ3) is 2.99. The van der Waals surface area contributed by atoms with Crippen molar-refractivity contribution in [1.29, 1.82) is 0 Å². The minimum atomic E-state index is -0.0181. The molecule has 0 amide bonds. The molecule has 0 aliphatic heterocycles. The van der Waals surface area contributed by atoms with Gasteiger partial charge in [0, 0.05) is 0 Å². The normalized spacial score (nSPS) is 19.8. The monoisotopic (exact) mass is 258 g/mol. The molecule has 1 aromatic carbocycles. The Labute approximate surface area is 115 Å². The van der Waals surface area contributed by atoms with E-state index >= 15 is 0 Å². The van der Waals surface area contributed by atoms with Gasteiger partial charge in [-0.15, -0.1) is 0 Å². The molecular formula is C17H22O2. The van der Waals surface area contributed by atoms with Crippen LogP contribution >= 0.6 is 0 Å². The molecule has 0 radical (unpaired) electrons. The van der Waals surface area contributed by atoms with Crippen LogP contribution in [0.1, 0.15) is 56.1 Å². The number of hydrogen-bond donors (Lipinski definition) is 0. The molecule has 102 valence electrons. The molecule has 0 atom stereocenters. The first-order valence-electron chi connectivity index (χ1n) is 7.66. The minimum absolute atomic E-state index is 0.0181. The fraction of sp³-hybridized carbons (Fsp3) is 0.588. The van der Waals surface area contributed by atoms with E-state index in [1.165, 1.54) is 49.7 Å². The zero-order valence-corrected chi connectivity index (χ0v) is 11.5. The van der Waals surface area contributed by atoms with Gasteiger partial charge >= 0.3 is 5.97 Å². The number of hydrogen-bond acceptors (Lipinski definition) is 2. The summed E-state index contributed by atoms with van der Waals surface area (Å²) in [5.74, 6) is 0.858. The Bertz CT molecular complexity index is 458. The molecule has 2 aliphatic carbocycles. The predicted molar refractivity (Wildman–Crippen MR) is 75.3 cm³/mol. The van der Waals surface area contributed by atoms with E-state index in [0.717, 1.165) is 25.0 Å². The first kappa shape index (κ1) is 12.7. The van der Waals surface area contributed by atoms with E-state index in [9.17, 15) is 4.79 Å². The average molecular weight is 258 g/mol. The molecule has 2 heteroatoms. The van der Waals surface area contributed by atoms with Gasteiger partial charge in [0.15, 0.2) is 0 Å². The van der Waals surface area contributed by atoms with E-state index in [1.807, 2.05) is 6.07 Å². The molecule has 0 unspecified atom stereocenters. The Kier molecular flexibility index (Phi) is 3.86. The largest absolute Gasteiger partial charge is 0.426 e. The van der Waals surface area contributed by atoms with Crippen LogP contribution in [0.25, 0.3) is 0 Å². The van der Waals surface area contributed by atoms with E-state index in [-0.39, 0.29) is 11.9 Å². The fourth-order valence-corrected chi connectivity index (χ4v) is 3.31. The maximum Gasteiger partial charge on any atom is 0.314 e. The summed E-state index contributed by atoms with van der Waals surface area (Å²) in [6.45, 7) is 0. The molecule has 0 heterocycles. The van der Waals surface area contributed by atoms with E-state index in [1.54, 1.807) is 0 Å². The van der Waals surface area contributed by atoms with Crippen LogP contribution < -0.4 is 4.74 Å². The highest BCUT2D eigenvalue weighted by Crippen LogP contribution is 2.28. The van der Waals surface area contributed by atoms with Gasteiger partial charge in [0.25, 0.3) is 0 Å². The van der Waals surface area contributed by atoms with Gasteiger partial charge in [0.2, 0.25) is 0 Å². The van der Waals surface area contributed by atoms with Crippen molar-refractivity contribution in [1.82, 2.24) is 0 Å². The van der Waals surface area contributed by atoms with Crippen molar-refractivity contribution in [3.05, 3.63) is 29.3 Å². The second kappa shape index (κ2) is 5.77. The van der Waals surface area contributed by atoms with Gasteiger partial charge in [0.05, 0.1) is 5.92 Å². The van der Waals surface area contributed by atoms with E-state index in [2.05, 4.69) is 12.1 Å². The van der Waals surface area contributed by atoms with Gasteiger partial charge in [-0.2, -0.15) is 0 Å². The zero-order chi connectivity index (χ0) is 13.1. The summed E-state index contributed by atoms with van der Waals surface area (Å²) in [5.41, 5.74) is 2.81. The van der Waals surface area contributed by atoms with E-state index in [0.29, 0.717) is 0 Å². The lowest BCUT2D eigenvalue weighted by Crippen LogP contribution is -2.22. The third-order valence-electron chi connectivity index (χ3n) is 4.48. The Morgan fingerprint density at radius 3 is 2.47 bits per heavy atom. The van der Waals surface area contributed by atoms with Crippen LogP contribution in [0.2, 0.25) is 0 Å². The number of rotatable bonds is 2. The molecule has 1 aromatic rings.